The first-order valence-corrected chi connectivity index (χ1v) is 11.8. The molecule has 0 radical (unpaired) electrons. The van der Waals surface area contributed by atoms with Crippen LogP contribution in [0.3, 0.4) is 0 Å². The fourth-order valence-electron chi connectivity index (χ4n) is 3.01. The minimum Gasteiger partial charge on any atom is -0.423 e. The summed E-state index contributed by atoms with van der Waals surface area (Å²) >= 11 is 4.23. The molecule has 4 rings (SSSR count). The van der Waals surface area contributed by atoms with E-state index in [1.807, 2.05) is 60.7 Å². The van der Waals surface area contributed by atoms with Crippen molar-refractivity contribution in [1.29, 1.82) is 0 Å². The highest BCUT2D eigenvalue weighted by Gasteiger charge is 2.13. The third-order valence-electron chi connectivity index (χ3n) is 4.65. The van der Waals surface area contributed by atoms with Gasteiger partial charge in [-0.25, -0.2) is 9.59 Å². The summed E-state index contributed by atoms with van der Waals surface area (Å²) in [7, 11) is 0. The van der Waals surface area contributed by atoms with Crippen LogP contribution >= 0.6 is 45.2 Å². The monoisotopic (exact) mass is 646 g/mol. The predicted octanol–water partition coefficient (Wildman–Crippen LogP) is 7.00. The molecule has 0 aliphatic rings. The second-order valence-corrected chi connectivity index (χ2v) is 9.11. The average molecular weight is 646 g/mol. The Balaban J connectivity index is 1.42. The molecule has 0 spiro atoms. The Labute approximate surface area is 212 Å². The molecule has 0 aromatic heterocycles. The van der Waals surface area contributed by atoms with E-state index >= 15 is 0 Å². The van der Waals surface area contributed by atoms with E-state index in [1.54, 1.807) is 36.4 Å². The van der Waals surface area contributed by atoms with E-state index in [2.05, 4.69) is 45.2 Å². The summed E-state index contributed by atoms with van der Waals surface area (Å²) in [6.07, 6.45) is 0. The van der Waals surface area contributed by atoms with Crippen LogP contribution in [0.15, 0.2) is 97.1 Å². The van der Waals surface area contributed by atoms with Gasteiger partial charge in [-0.15, -0.1) is 0 Å². The number of carbonyl (C=O) groups excluding carboxylic acids is 2. The Morgan fingerprint density at radius 3 is 1.19 bits per heavy atom. The molecule has 0 bridgehead atoms. The Morgan fingerprint density at radius 1 is 0.500 bits per heavy atom. The van der Waals surface area contributed by atoms with Crippen LogP contribution in [0.2, 0.25) is 0 Å². The number of hydrogen-bond acceptors (Lipinski definition) is 4. The summed E-state index contributed by atoms with van der Waals surface area (Å²) in [5.74, 6) is 0.173. The maximum absolute atomic E-state index is 12.4. The predicted molar refractivity (Wildman–Crippen MR) is 140 cm³/mol. The molecule has 0 saturated heterocycles. The minimum absolute atomic E-state index is 0.387. The number of halogens is 2. The van der Waals surface area contributed by atoms with Crippen LogP contribution in [0.25, 0.3) is 11.1 Å². The van der Waals surface area contributed by atoms with Crippen molar-refractivity contribution in [2.45, 2.75) is 0 Å². The molecule has 0 unspecified atom stereocenters. The summed E-state index contributed by atoms with van der Waals surface area (Å²) < 4.78 is 12.7. The SMILES string of the molecule is O=C(Oc1ccc(-c2ccc(OC(=O)c3ccccc3I)cc2)cc1)c1ccccc1I. The van der Waals surface area contributed by atoms with Gasteiger partial charge in [0.1, 0.15) is 11.5 Å². The zero-order chi connectivity index (χ0) is 22.5. The Hall–Kier alpha value is -2.72. The lowest BCUT2D eigenvalue weighted by atomic mass is 10.1. The highest BCUT2D eigenvalue weighted by Crippen LogP contribution is 2.26. The second-order valence-electron chi connectivity index (χ2n) is 6.79. The normalized spacial score (nSPS) is 10.4. The number of ether oxygens (including phenoxy) is 2. The molecule has 6 heteroatoms. The van der Waals surface area contributed by atoms with Gasteiger partial charge in [0.15, 0.2) is 0 Å². The van der Waals surface area contributed by atoms with E-state index in [-0.39, 0.29) is 11.9 Å². The van der Waals surface area contributed by atoms with Crippen LogP contribution in [-0.4, -0.2) is 11.9 Å². The summed E-state index contributed by atoms with van der Waals surface area (Å²) in [5, 5.41) is 0. The molecule has 4 aromatic rings. The van der Waals surface area contributed by atoms with Gasteiger partial charge in [-0.3, -0.25) is 0 Å². The number of rotatable bonds is 5. The third-order valence-corrected chi connectivity index (χ3v) is 6.53. The maximum Gasteiger partial charge on any atom is 0.344 e. The first kappa shape index (κ1) is 22.5. The first-order chi connectivity index (χ1) is 15.5. The van der Waals surface area contributed by atoms with Crippen molar-refractivity contribution in [3.8, 4) is 22.6 Å². The molecule has 0 fully saturated rings. The van der Waals surface area contributed by atoms with Gasteiger partial charge in [0.25, 0.3) is 0 Å². The van der Waals surface area contributed by atoms with E-state index in [1.165, 1.54) is 0 Å². The van der Waals surface area contributed by atoms with Gasteiger partial charge in [0, 0.05) is 7.14 Å². The molecule has 0 N–H and O–H groups in total. The van der Waals surface area contributed by atoms with Gasteiger partial charge < -0.3 is 9.47 Å². The molecular weight excluding hydrogens is 630 g/mol. The van der Waals surface area contributed by atoms with Crippen molar-refractivity contribution < 1.29 is 19.1 Å². The van der Waals surface area contributed by atoms with E-state index in [9.17, 15) is 9.59 Å². The number of carbonyl (C=O) groups is 2. The number of hydrogen-bond donors (Lipinski definition) is 0. The van der Waals surface area contributed by atoms with Gasteiger partial charge >= 0.3 is 11.9 Å². The van der Waals surface area contributed by atoms with Crippen LogP contribution in [-0.2, 0) is 0 Å². The Kier molecular flexibility index (Phi) is 7.21. The smallest absolute Gasteiger partial charge is 0.344 e. The van der Waals surface area contributed by atoms with E-state index < -0.39 is 0 Å². The van der Waals surface area contributed by atoms with Crippen molar-refractivity contribution in [1.82, 2.24) is 0 Å². The maximum atomic E-state index is 12.4. The molecule has 4 nitrogen and oxygen atoms in total. The van der Waals surface area contributed by atoms with Gasteiger partial charge in [-0.1, -0.05) is 48.5 Å². The average Bonchev–Trinajstić information content (AvgIpc) is 2.80. The largest absolute Gasteiger partial charge is 0.423 e. The first-order valence-electron chi connectivity index (χ1n) is 9.65. The molecule has 32 heavy (non-hydrogen) atoms. The third kappa shape index (κ3) is 5.36. The zero-order valence-corrected chi connectivity index (χ0v) is 20.9. The van der Waals surface area contributed by atoms with E-state index in [4.69, 9.17) is 9.47 Å². The molecule has 0 atom stereocenters. The highest BCUT2D eigenvalue weighted by molar-refractivity contribution is 14.1. The molecule has 0 amide bonds. The topological polar surface area (TPSA) is 52.6 Å². The van der Waals surface area contributed by atoms with Gasteiger partial charge in [-0.2, -0.15) is 0 Å². The fraction of sp³-hybridized carbons (Fsp3) is 0. The van der Waals surface area contributed by atoms with Crippen LogP contribution < -0.4 is 9.47 Å². The summed E-state index contributed by atoms with van der Waals surface area (Å²) in [6.45, 7) is 0. The molecule has 0 saturated carbocycles. The summed E-state index contributed by atoms with van der Waals surface area (Å²) in [5.41, 5.74) is 2.98. The molecule has 0 aliphatic heterocycles. The summed E-state index contributed by atoms with van der Waals surface area (Å²) in [4.78, 5) is 24.7. The standard InChI is InChI=1S/C26H16I2O4/c27-23-7-3-1-5-21(23)25(29)31-19-13-9-17(10-14-19)18-11-15-20(16-12-18)32-26(30)22-6-2-4-8-24(22)28/h1-16H. The Morgan fingerprint density at radius 2 is 0.844 bits per heavy atom. The van der Waals surface area contributed by atoms with Gasteiger partial charge in [-0.05, 0) is 105 Å². The fourth-order valence-corrected chi connectivity index (χ4v) is 4.22. The van der Waals surface area contributed by atoms with Crippen molar-refractivity contribution in [2.24, 2.45) is 0 Å². The lowest BCUT2D eigenvalue weighted by Crippen LogP contribution is -2.10. The second kappa shape index (κ2) is 10.3. The van der Waals surface area contributed by atoms with Crippen LogP contribution in [0.4, 0.5) is 0 Å². The van der Waals surface area contributed by atoms with Gasteiger partial charge in [0.2, 0.25) is 0 Å². The van der Waals surface area contributed by atoms with Crippen molar-refractivity contribution in [3.63, 3.8) is 0 Å². The molecule has 0 aliphatic carbocycles. The quantitative estimate of drug-likeness (QED) is 0.133. The zero-order valence-electron chi connectivity index (χ0n) is 16.6. The number of benzene rings is 4. The number of esters is 2. The van der Waals surface area contributed by atoms with Gasteiger partial charge in [0.05, 0.1) is 11.1 Å². The van der Waals surface area contributed by atoms with Crippen LogP contribution in [0.1, 0.15) is 20.7 Å². The van der Waals surface area contributed by atoms with Crippen molar-refractivity contribution >= 4 is 57.1 Å². The van der Waals surface area contributed by atoms with Crippen LogP contribution in [0.5, 0.6) is 11.5 Å². The Bertz CT molecular complexity index is 1160. The molecule has 158 valence electrons. The summed E-state index contributed by atoms with van der Waals surface area (Å²) in [6, 6.07) is 29.1. The lowest BCUT2D eigenvalue weighted by molar-refractivity contribution is 0.0724. The van der Waals surface area contributed by atoms with Crippen molar-refractivity contribution in [2.75, 3.05) is 0 Å². The van der Waals surface area contributed by atoms with E-state index in [0.717, 1.165) is 18.3 Å². The van der Waals surface area contributed by atoms with Crippen LogP contribution in [0, 0.1) is 7.14 Å². The molecule has 4 aromatic carbocycles. The highest BCUT2D eigenvalue weighted by atomic mass is 127. The van der Waals surface area contributed by atoms with Crippen molar-refractivity contribution in [3.05, 3.63) is 115 Å². The van der Waals surface area contributed by atoms with E-state index in [0.29, 0.717) is 22.6 Å². The lowest BCUT2D eigenvalue weighted by Gasteiger charge is -2.09. The minimum atomic E-state index is -0.387. The molecular formula is C26H16I2O4. The molecule has 0 heterocycles.